The third-order valence-corrected chi connectivity index (χ3v) is 6.50. The number of benzene rings is 4. The predicted octanol–water partition coefficient (Wildman–Crippen LogP) is 5.52. The molecule has 0 amide bonds. The molecular formula is C27H22N2O4S. The molecule has 1 aliphatic rings. The van der Waals surface area contributed by atoms with Gasteiger partial charge in [-0.15, -0.1) is 11.8 Å². The van der Waals surface area contributed by atoms with Crippen LogP contribution < -0.4 is 9.47 Å². The van der Waals surface area contributed by atoms with Gasteiger partial charge < -0.3 is 14.6 Å². The van der Waals surface area contributed by atoms with E-state index in [1.54, 1.807) is 14.2 Å². The van der Waals surface area contributed by atoms with Gasteiger partial charge in [0.05, 0.1) is 30.9 Å². The van der Waals surface area contributed by atoms with Crippen molar-refractivity contribution in [3.8, 4) is 17.6 Å². The fraction of sp³-hybridized carbons (Fsp3) is 0.148. The van der Waals surface area contributed by atoms with E-state index in [4.69, 9.17) is 19.8 Å². The normalized spacial score (nSPS) is 14.6. The van der Waals surface area contributed by atoms with Crippen LogP contribution in [0.2, 0.25) is 0 Å². The van der Waals surface area contributed by atoms with Crippen LogP contribution in [-0.2, 0) is 4.79 Å². The smallest absolute Gasteiger partial charge is 0.329 e. The maximum Gasteiger partial charge on any atom is 0.329 e. The number of thioether (sulfide) groups is 1. The third kappa shape index (κ3) is 5.13. The molecule has 0 saturated carbocycles. The van der Waals surface area contributed by atoms with E-state index in [1.807, 2.05) is 72.8 Å². The summed E-state index contributed by atoms with van der Waals surface area (Å²) < 4.78 is 10.3. The molecule has 0 bridgehead atoms. The van der Waals surface area contributed by atoms with Crippen LogP contribution in [-0.4, -0.2) is 42.1 Å². The Hall–Kier alpha value is -4.02. The summed E-state index contributed by atoms with van der Waals surface area (Å²) in [5, 5.41) is 22.8. The van der Waals surface area contributed by atoms with Crippen LogP contribution in [0.25, 0.3) is 21.5 Å². The van der Waals surface area contributed by atoms with Crippen molar-refractivity contribution in [3.05, 3.63) is 83.9 Å². The molecule has 0 radical (unpaired) electrons. The van der Waals surface area contributed by atoms with Gasteiger partial charge in [0.25, 0.3) is 0 Å². The van der Waals surface area contributed by atoms with Crippen LogP contribution in [0.15, 0.2) is 77.8 Å². The second-order valence-electron chi connectivity index (χ2n) is 7.57. The molecule has 6 nitrogen and oxygen atoms in total. The number of nitrogens with zero attached hydrogens (tertiary/aromatic N) is 2. The van der Waals surface area contributed by atoms with Gasteiger partial charge in [-0.2, -0.15) is 5.26 Å². The number of carboxylic acids is 1. The number of nitriles is 1. The minimum Gasteiger partial charge on any atom is -0.497 e. The Bertz CT molecular complexity index is 1440. The van der Waals surface area contributed by atoms with E-state index in [0.717, 1.165) is 43.7 Å². The van der Waals surface area contributed by atoms with Gasteiger partial charge in [0.15, 0.2) is 6.04 Å². The maximum atomic E-state index is 10.9. The number of hydrogen-bond acceptors (Lipinski definition) is 6. The second-order valence-corrected chi connectivity index (χ2v) is 8.58. The Morgan fingerprint density at radius 3 is 2.03 bits per heavy atom. The maximum absolute atomic E-state index is 10.9. The first-order valence-electron chi connectivity index (χ1n) is 10.5. The van der Waals surface area contributed by atoms with E-state index in [-0.39, 0.29) is 0 Å². The number of aliphatic carboxylic acids is 1. The minimum atomic E-state index is -0.863. The molecule has 0 spiro atoms. The van der Waals surface area contributed by atoms with Crippen molar-refractivity contribution in [2.45, 2.75) is 6.04 Å². The molecule has 1 heterocycles. The monoisotopic (exact) mass is 470 g/mol. The summed E-state index contributed by atoms with van der Waals surface area (Å²) in [6.45, 7) is 0. The number of aliphatic imine (C=N–C) groups is 1. The first kappa shape index (κ1) is 23.1. The average molecular weight is 471 g/mol. The predicted molar refractivity (Wildman–Crippen MR) is 136 cm³/mol. The standard InChI is InChI=1S/C15H13NO3S.C12H9NO/c1-19-12-5-4-9-6-11(3-2-10(9)7-12)14-16-13(8-20-14)15(17)18;1-14-12-5-4-10-6-9(8-13)2-3-11(10)7-12/h2-7,13H,8H2,1H3,(H,17,18);2-7H,1H3/t13-;/m1./s1. The van der Waals surface area contributed by atoms with Crippen molar-refractivity contribution in [3.63, 3.8) is 0 Å². The Labute approximate surface area is 201 Å². The second kappa shape index (κ2) is 10.3. The molecular weight excluding hydrogens is 448 g/mol. The molecule has 1 aliphatic heterocycles. The molecule has 4 aromatic rings. The quantitative estimate of drug-likeness (QED) is 0.423. The summed E-state index contributed by atoms with van der Waals surface area (Å²) in [5.41, 5.74) is 1.65. The fourth-order valence-corrected chi connectivity index (χ4v) is 4.59. The van der Waals surface area contributed by atoms with Gasteiger partial charge >= 0.3 is 5.97 Å². The van der Waals surface area contributed by atoms with Gasteiger partial charge in [-0.1, -0.05) is 30.3 Å². The highest BCUT2D eigenvalue weighted by Crippen LogP contribution is 2.27. The van der Waals surface area contributed by atoms with Gasteiger partial charge in [0.2, 0.25) is 0 Å². The lowest BCUT2D eigenvalue weighted by molar-refractivity contribution is -0.137. The van der Waals surface area contributed by atoms with Crippen LogP contribution in [0.4, 0.5) is 0 Å². The first-order valence-corrected chi connectivity index (χ1v) is 11.5. The van der Waals surface area contributed by atoms with Crippen molar-refractivity contribution in [2.75, 3.05) is 20.0 Å². The highest BCUT2D eigenvalue weighted by Gasteiger charge is 2.25. The Kier molecular flexibility index (Phi) is 7.00. The summed E-state index contributed by atoms with van der Waals surface area (Å²) in [6.07, 6.45) is 0. The topological polar surface area (TPSA) is 91.9 Å². The SMILES string of the molecule is COc1ccc2cc(C#N)ccc2c1.COc1ccc2cc(C3=N[C@@H](C(=O)O)CS3)ccc2c1. The molecule has 0 saturated heterocycles. The molecule has 1 N–H and O–H groups in total. The lowest BCUT2D eigenvalue weighted by atomic mass is 10.1. The average Bonchev–Trinajstić information content (AvgIpc) is 3.38. The lowest BCUT2D eigenvalue weighted by Gasteiger charge is -2.05. The summed E-state index contributed by atoms with van der Waals surface area (Å²) in [4.78, 5) is 15.2. The van der Waals surface area contributed by atoms with Crippen LogP contribution in [0.1, 0.15) is 11.1 Å². The van der Waals surface area contributed by atoms with Gasteiger partial charge in [0, 0.05) is 11.3 Å². The van der Waals surface area contributed by atoms with Gasteiger partial charge in [0.1, 0.15) is 11.5 Å². The van der Waals surface area contributed by atoms with Crippen LogP contribution in [0, 0.1) is 11.3 Å². The highest BCUT2D eigenvalue weighted by molar-refractivity contribution is 8.14. The number of fused-ring (bicyclic) bond motifs is 2. The van der Waals surface area contributed by atoms with Crippen molar-refractivity contribution in [2.24, 2.45) is 4.99 Å². The number of carbonyl (C=O) groups is 1. The summed E-state index contributed by atoms with van der Waals surface area (Å²) in [6, 6.07) is 24.8. The van der Waals surface area contributed by atoms with Crippen LogP contribution in [0.3, 0.4) is 0 Å². The van der Waals surface area contributed by atoms with Crippen LogP contribution >= 0.6 is 11.8 Å². The minimum absolute atomic E-state index is 0.505. The molecule has 0 aliphatic carbocycles. The molecule has 5 rings (SSSR count). The summed E-state index contributed by atoms with van der Waals surface area (Å²) in [7, 11) is 3.29. The Morgan fingerprint density at radius 2 is 1.47 bits per heavy atom. The molecule has 7 heteroatoms. The molecule has 0 aromatic heterocycles. The molecule has 0 unspecified atom stereocenters. The van der Waals surface area contributed by atoms with Crippen LogP contribution in [0.5, 0.6) is 11.5 Å². The zero-order chi connectivity index (χ0) is 24.1. The zero-order valence-corrected chi connectivity index (χ0v) is 19.5. The number of hydrogen-bond donors (Lipinski definition) is 1. The van der Waals surface area contributed by atoms with Gasteiger partial charge in [-0.3, -0.25) is 4.99 Å². The zero-order valence-electron chi connectivity index (χ0n) is 18.7. The van der Waals surface area contributed by atoms with E-state index in [0.29, 0.717) is 11.3 Å². The van der Waals surface area contributed by atoms with Crippen molar-refractivity contribution < 1.29 is 19.4 Å². The fourth-order valence-electron chi connectivity index (χ4n) is 3.56. The Balaban J connectivity index is 0.000000172. The summed E-state index contributed by atoms with van der Waals surface area (Å²) >= 11 is 1.49. The van der Waals surface area contributed by atoms with Gasteiger partial charge in [-0.25, -0.2) is 4.79 Å². The number of ether oxygens (including phenoxy) is 2. The van der Waals surface area contributed by atoms with Crippen molar-refractivity contribution >= 4 is 44.3 Å². The van der Waals surface area contributed by atoms with Crippen molar-refractivity contribution in [1.82, 2.24) is 0 Å². The molecule has 1 atom stereocenters. The molecule has 0 fully saturated rings. The van der Waals surface area contributed by atoms with Gasteiger partial charge in [-0.05, 0) is 64.0 Å². The third-order valence-electron chi connectivity index (χ3n) is 5.41. The van der Waals surface area contributed by atoms with E-state index in [2.05, 4.69) is 11.1 Å². The van der Waals surface area contributed by atoms with E-state index in [9.17, 15) is 4.79 Å². The van der Waals surface area contributed by atoms with Crippen molar-refractivity contribution in [1.29, 1.82) is 5.26 Å². The molecule has 34 heavy (non-hydrogen) atoms. The molecule has 4 aromatic carbocycles. The molecule has 170 valence electrons. The summed E-state index contributed by atoms with van der Waals surface area (Å²) in [5.74, 6) is 1.30. The highest BCUT2D eigenvalue weighted by atomic mass is 32.2. The number of methoxy groups -OCH3 is 2. The largest absolute Gasteiger partial charge is 0.497 e. The van der Waals surface area contributed by atoms with E-state index >= 15 is 0 Å². The number of carboxylic acid groups (broad SMARTS) is 1. The van der Waals surface area contributed by atoms with E-state index < -0.39 is 12.0 Å². The Morgan fingerprint density at radius 1 is 0.912 bits per heavy atom. The lowest BCUT2D eigenvalue weighted by Crippen LogP contribution is -2.17. The van der Waals surface area contributed by atoms with E-state index in [1.165, 1.54) is 11.8 Å². The number of rotatable bonds is 4. The first-order chi connectivity index (χ1) is 16.5.